The number of rotatable bonds is 6. The highest BCUT2D eigenvalue weighted by atomic mass is 16.5. The third-order valence-electron chi connectivity index (χ3n) is 3.18. The Bertz CT molecular complexity index is 631. The molecule has 0 aromatic heterocycles. The van der Waals surface area contributed by atoms with Crippen LogP contribution in [0.1, 0.15) is 23.6 Å². The smallest absolute Gasteiger partial charge is 0.277 e. The maximum absolute atomic E-state index is 11.6. The Hall–Kier alpha value is -2.62. The first-order chi connectivity index (χ1) is 10.7. The summed E-state index contributed by atoms with van der Waals surface area (Å²) in [7, 11) is 0. The van der Waals surface area contributed by atoms with E-state index in [0.29, 0.717) is 5.75 Å². The molecule has 0 saturated heterocycles. The van der Waals surface area contributed by atoms with E-state index >= 15 is 0 Å². The number of nitrogens with zero attached hydrogens (tertiary/aromatic N) is 1. The van der Waals surface area contributed by atoms with Crippen molar-refractivity contribution in [3.8, 4) is 5.75 Å². The lowest BCUT2D eigenvalue weighted by atomic mass is 10.2. The van der Waals surface area contributed by atoms with Crippen LogP contribution < -0.4 is 10.2 Å². The summed E-state index contributed by atoms with van der Waals surface area (Å²) in [4.78, 5) is 11.6. The van der Waals surface area contributed by atoms with Gasteiger partial charge in [0.2, 0.25) is 0 Å². The first-order valence-electron chi connectivity index (χ1n) is 7.27. The summed E-state index contributed by atoms with van der Waals surface area (Å²) in [5.74, 6) is 0.387. The normalized spacial score (nSPS) is 10.6. The number of amides is 1. The second-order valence-corrected chi connectivity index (χ2v) is 4.99. The molecular weight excluding hydrogens is 276 g/mol. The maximum atomic E-state index is 11.6. The van der Waals surface area contributed by atoms with Crippen LogP contribution in [-0.4, -0.2) is 18.7 Å². The Morgan fingerprint density at radius 3 is 2.45 bits per heavy atom. The molecule has 1 amide bonds. The van der Waals surface area contributed by atoms with Gasteiger partial charge >= 0.3 is 0 Å². The number of hydrazone groups is 1. The zero-order valence-electron chi connectivity index (χ0n) is 12.9. The molecule has 0 fully saturated rings. The number of nitrogens with one attached hydrogen (secondary N) is 1. The van der Waals surface area contributed by atoms with Crippen LogP contribution in [0.25, 0.3) is 0 Å². The van der Waals surface area contributed by atoms with E-state index in [-0.39, 0.29) is 12.5 Å². The summed E-state index contributed by atoms with van der Waals surface area (Å²) in [5, 5.41) is 3.91. The number of benzene rings is 2. The van der Waals surface area contributed by atoms with Gasteiger partial charge in [0.05, 0.1) is 6.21 Å². The van der Waals surface area contributed by atoms with Gasteiger partial charge in [-0.3, -0.25) is 4.79 Å². The van der Waals surface area contributed by atoms with Crippen LogP contribution in [0, 0.1) is 6.92 Å². The SMILES string of the molecule is CCc1ccc(OCC(=O)NN=Cc2ccc(C)cc2)cc1. The van der Waals surface area contributed by atoms with Crippen LogP contribution in [-0.2, 0) is 11.2 Å². The molecule has 4 heteroatoms. The summed E-state index contributed by atoms with van der Waals surface area (Å²) >= 11 is 0. The molecule has 2 aromatic rings. The largest absolute Gasteiger partial charge is 0.484 e. The Balaban J connectivity index is 1.76. The molecule has 0 aliphatic carbocycles. The summed E-state index contributed by atoms with van der Waals surface area (Å²) < 4.78 is 5.40. The van der Waals surface area contributed by atoms with Crippen LogP contribution >= 0.6 is 0 Å². The molecular formula is C18H20N2O2. The van der Waals surface area contributed by atoms with Gasteiger partial charge in [0.15, 0.2) is 6.61 Å². The lowest BCUT2D eigenvalue weighted by molar-refractivity contribution is -0.123. The van der Waals surface area contributed by atoms with Crippen molar-refractivity contribution in [2.45, 2.75) is 20.3 Å². The summed E-state index contributed by atoms with van der Waals surface area (Å²) in [6, 6.07) is 15.6. The predicted octanol–water partition coefficient (Wildman–Crippen LogP) is 3.09. The predicted molar refractivity (Wildman–Crippen MR) is 88.2 cm³/mol. The van der Waals surface area contributed by atoms with Gasteiger partial charge in [-0.2, -0.15) is 5.10 Å². The minimum atomic E-state index is -0.289. The molecule has 0 aliphatic heterocycles. The zero-order valence-corrected chi connectivity index (χ0v) is 12.9. The Labute approximate surface area is 130 Å². The number of aryl methyl sites for hydroxylation is 2. The summed E-state index contributed by atoms with van der Waals surface area (Å²) in [5.41, 5.74) is 5.80. The molecule has 0 unspecified atom stereocenters. The van der Waals surface area contributed by atoms with Crippen molar-refractivity contribution < 1.29 is 9.53 Å². The topological polar surface area (TPSA) is 50.7 Å². The molecule has 0 radical (unpaired) electrons. The fraction of sp³-hybridized carbons (Fsp3) is 0.222. The third kappa shape index (κ3) is 5.05. The minimum Gasteiger partial charge on any atom is -0.484 e. The molecule has 0 heterocycles. The molecule has 4 nitrogen and oxygen atoms in total. The van der Waals surface area contributed by atoms with E-state index in [4.69, 9.17) is 4.74 Å². The Morgan fingerprint density at radius 1 is 1.14 bits per heavy atom. The second-order valence-electron chi connectivity index (χ2n) is 4.99. The van der Waals surface area contributed by atoms with Crippen molar-refractivity contribution in [2.75, 3.05) is 6.61 Å². The van der Waals surface area contributed by atoms with Crippen molar-refractivity contribution in [3.05, 3.63) is 65.2 Å². The highest BCUT2D eigenvalue weighted by Gasteiger charge is 2.01. The van der Waals surface area contributed by atoms with Crippen LogP contribution in [0.3, 0.4) is 0 Å². The first kappa shape index (κ1) is 15.8. The Morgan fingerprint density at radius 2 is 1.82 bits per heavy atom. The summed E-state index contributed by atoms with van der Waals surface area (Å²) in [6.07, 6.45) is 2.59. The fourth-order valence-corrected chi connectivity index (χ4v) is 1.83. The molecule has 114 valence electrons. The van der Waals surface area contributed by atoms with E-state index in [1.807, 2.05) is 55.5 Å². The van der Waals surface area contributed by atoms with E-state index < -0.39 is 0 Å². The summed E-state index contributed by atoms with van der Waals surface area (Å²) in [6.45, 7) is 4.05. The number of carbonyl (C=O) groups excluding carboxylic acids is 1. The molecule has 0 atom stereocenters. The van der Waals surface area contributed by atoms with Crippen molar-refractivity contribution in [2.24, 2.45) is 5.10 Å². The number of hydrogen-bond acceptors (Lipinski definition) is 3. The average Bonchev–Trinajstić information content (AvgIpc) is 2.55. The molecule has 2 rings (SSSR count). The average molecular weight is 296 g/mol. The highest BCUT2D eigenvalue weighted by Crippen LogP contribution is 2.12. The quantitative estimate of drug-likeness (QED) is 0.658. The fourth-order valence-electron chi connectivity index (χ4n) is 1.83. The standard InChI is InChI=1S/C18H20N2O2/c1-3-15-8-10-17(11-9-15)22-13-18(21)20-19-12-16-6-4-14(2)5-7-16/h4-12H,3,13H2,1-2H3,(H,20,21). The van der Waals surface area contributed by atoms with Crippen LogP contribution in [0.5, 0.6) is 5.75 Å². The lowest BCUT2D eigenvalue weighted by Crippen LogP contribution is -2.24. The van der Waals surface area contributed by atoms with E-state index in [1.54, 1.807) is 6.21 Å². The Kier molecular flexibility index (Phi) is 5.72. The van der Waals surface area contributed by atoms with E-state index in [1.165, 1.54) is 11.1 Å². The van der Waals surface area contributed by atoms with Gasteiger partial charge < -0.3 is 4.74 Å². The van der Waals surface area contributed by atoms with Crippen molar-refractivity contribution in [1.82, 2.24) is 5.43 Å². The molecule has 0 spiro atoms. The van der Waals surface area contributed by atoms with E-state index in [9.17, 15) is 4.79 Å². The molecule has 1 N–H and O–H groups in total. The van der Waals surface area contributed by atoms with Crippen molar-refractivity contribution in [1.29, 1.82) is 0 Å². The van der Waals surface area contributed by atoms with E-state index in [0.717, 1.165) is 12.0 Å². The van der Waals surface area contributed by atoms with Gasteiger partial charge in [-0.1, -0.05) is 48.9 Å². The van der Waals surface area contributed by atoms with Gasteiger partial charge in [-0.05, 0) is 36.6 Å². The van der Waals surface area contributed by atoms with Crippen LogP contribution in [0.2, 0.25) is 0 Å². The van der Waals surface area contributed by atoms with Gasteiger partial charge in [0.25, 0.3) is 5.91 Å². The molecule has 22 heavy (non-hydrogen) atoms. The number of ether oxygens (including phenoxy) is 1. The monoisotopic (exact) mass is 296 g/mol. The van der Waals surface area contributed by atoms with Crippen molar-refractivity contribution in [3.63, 3.8) is 0 Å². The van der Waals surface area contributed by atoms with Crippen LogP contribution in [0.4, 0.5) is 0 Å². The van der Waals surface area contributed by atoms with Crippen LogP contribution in [0.15, 0.2) is 53.6 Å². The zero-order chi connectivity index (χ0) is 15.8. The van der Waals surface area contributed by atoms with Gasteiger partial charge in [-0.15, -0.1) is 0 Å². The van der Waals surface area contributed by atoms with Gasteiger partial charge in [-0.25, -0.2) is 5.43 Å². The molecule has 0 saturated carbocycles. The number of hydrogen-bond donors (Lipinski definition) is 1. The lowest BCUT2D eigenvalue weighted by Gasteiger charge is -2.05. The van der Waals surface area contributed by atoms with E-state index in [2.05, 4.69) is 17.5 Å². The molecule has 0 bridgehead atoms. The first-order valence-corrected chi connectivity index (χ1v) is 7.27. The van der Waals surface area contributed by atoms with Gasteiger partial charge in [0.1, 0.15) is 5.75 Å². The highest BCUT2D eigenvalue weighted by molar-refractivity contribution is 5.82. The van der Waals surface area contributed by atoms with Gasteiger partial charge in [0, 0.05) is 0 Å². The van der Waals surface area contributed by atoms with Crippen molar-refractivity contribution >= 4 is 12.1 Å². The maximum Gasteiger partial charge on any atom is 0.277 e. The molecule has 0 aliphatic rings. The minimum absolute atomic E-state index is 0.0588. The molecule has 2 aromatic carbocycles. The third-order valence-corrected chi connectivity index (χ3v) is 3.18. The second kappa shape index (κ2) is 7.98. The number of carbonyl (C=O) groups is 1.